The van der Waals surface area contributed by atoms with Crippen molar-refractivity contribution in [2.45, 2.75) is 38.7 Å². The zero-order chi connectivity index (χ0) is 16.8. The minimum absolute atomic E-state index is 0.131. The van der Waals surface area contributed by atoms with E-state index in [4.69, 9.17) is 0 Å². The lowest BCUT2D eigenvalue weighted by atomic mass is 10.1. The van der Waals surface area contributed by atoms with Crippen LogP contribution in [0.1, 0.15) is 17.3 Å². The Kier molecular flexibility index (Phi) is 6.71. The molecule has 0 aliphatic carbocycles. The maximum atomic E-state index is 12.0. The predicted octanol–water partition coefficient (Wildman–Crippen LogP) is 3.07. The van der Waals surface area contributed by atoms with Crippen LogP contribution in [0.15, 0.2) is 42.5 Å². The average molecular weight is 340 g/mol. The minimum Gasteiger partial charge on any atom is -0.289 e. The van der Waals surface area contributed by atoms with Gasteiger partial charge in [0.1, 0.15) is 0 Å². The second-order valence-corrected chi connectivity index (χ2v) is 14.1. The largest absolute Gasteiger partial charge is 0.289 e. The van der Waals surface area contributed by atoms with Gasteiger partial charge in [-0.05, 0) is 19.0 Å². The lowest BCUT2D eigenvalue weighted by Crippen LogP contribution is -2.35. The molecular weight excluding hydrogens is 314 g/mol. The highest BCUT2D eigenvalue weighted by molar-refractivity contribution is 7.89. The van der Waals surface area contributed by atoms with Crippen LogP contribution in [0, 0.1) is 0 Å². The van der Waals surface area contributed by atoms with E-state index in [-0.39, 0.29) is 11.5 Å². The fraction of sp³-hybridized carbons (Fsp3) is 0.438. The zero-order valence-electron chi connectivity index (χ0n) is 13.7. The van der Waals surface area contributed by atoms with E-state index in [0.717, 1.165) is 6.04 Å². The molecule has 1 aromatic carbocycles. The number of sulfonamides is 1. The molecule has 0 aromatic heterocycles. The van der Waals surface area contributed by atoms with Gasteiger partial charge in [0.25, 0.3) is 0 Å². The van der Waals surface area contributed by atoms with Gasteiger partial charge in [0.2, 0.25) is 10.0 Å². The Morgan fingerprint density at radius 1 is 1.23 bits per heavy atom. The molecule has 1 aromatic rings. The lowest BCUT2D eigenvalue weighted by Gasteiger charge is -2.17. The number of ketones is 1. The number of rotatable bonds is 8. The van der Waals surface area contributed by atoms with Gasteiger partial charge < -0.3 is 0 Å². The Morgan fingerprint density at radius 3 is 2.36 bits per heavy atom. The fourth-order valence-electron chi connectivity index (χ4n) is 1.75. The van der Waals surface area contributed by atoms with Crippen molar-refractivity contribution in [3.63, 3.8) is 0 Å². The SMILES string of the molecule is CC(/C=C/C(=O)c1ccccc1)NS(=O)(=O)CC[Si](C)(C)C. The molecule has 1 unspecified atom stereocenters. The van der Waals surface area contributed by atoms with Crippen molar-refractivity contribution < 1.29 is 13.2 Å². The standard InChI is InChI=1S/C16H25NO3SSi/c1-14(17-21(19,20)12-13-22(2,3)4)10-11-16(18)15-8-6-5-7-9-15/h5-11,14,17H,12-13H2,1-4H3/b11-10+. The third-order valence-corrected chi connectivity index (χ3v) is 6.67. The van der Waals surface area contributed by atoms with Crippen molar-refractivity contribution in [2.24, 2.45) is 0 Å². The Morgan fingerprint density at radius 2 is 1.82 bits per heavy atom. The zero-order valence-corrected chi connectivity index (χ0v) is 15.5. The molecule has 0 saturated heterocycles. The molecule has 22 heavy (non-hydrogen) atoms. The van der Waals surface area contributed by atoms with Gasteiger partial charge in [-0.25, -0.2) is 13.1 Å². The maximum Gasteiger partial charge on any atom is 0.211 e. The van der Waals surface area contributed by atoms with Gasteiger partial charge in [-0.15, -0.1) is 0 Å². The van der Waals surface area contributed by atoms with Crippen LogP contribution in [0.3, 0.4) is 0 Å². The van der Waals surface area contributed by atoms with Crippen LogP contribution in [0.25, 0.3) is 0 Å². The molecule has 1 atom stereocenters. The summed E-state index contributed by atoms with van der Waals surface area (Å²) < 4.78 is 26.6. The number of carbonyl (C=O) groups excluding carboxylic acids is 1. The first-order valence-electron chi connectivity index (χ1n) is 7.37. The smallest absolute Gasteiger partial charge is 0.211 e. The predicted molar refractivity (Wildman–Crippen MR) is 94.5 cm³/mol. The first-order chi connectivity index (χ1) is 10.1. The van der Waals surface area contributed by atoms with E-state index in [1.54, 1.807) is 37.3 Å². The molecule has 0 bridgehead atoms. The van der Waals surface area contributed by atoms with E-state index in [1.165, 1.54) is 6.08 Å². The number of hydrogen-bond acceptors (Lipinski definition) is 3. The number of allylic oxidation sites excluding steroid dienone is 1. The van der Waals surface area contributed by atoms with E-state index in [9.17, 15) is 13.2 Å². The molecule has 1 N–H and O–H groups in total. The highest BCUT2D eigenvalue weighted by Gasteiger charge is 2.19. The molecule has 0 aliphatic heterocycles. The van der Waals surface area contributed by atoms with Crippen molar-refractivity contribution in [3.8, 4) is 0 Å². The molecule has 0 radical (unpaired) electrons. The molecule has 6 heteroatoms. The summed E-state index contributed by atoms with van der Waals surface area (Å²) >= 11 is 0. The summed E-state index contributed by atoms with van der Waals surface area (Å²) in [4.78, 5) is 11.9. The summed E-state index contributed by atoms with van der Waals surface area (Å²) in [6.07, 6.45) is 3.00. The molecule has 0 aliphatic rings. The summed E-state index contributed by atoms with van der Waals surface area (Å²) in [5.41, 5.74) is 0.590. The van der Waals surface area contributed by atoms with E-state index in [2.05, 4.69) is 24.4 Å². The summed E-state index contributed by atoms with van der Waals surface area (Å²) in [6, 6.07) is 9.22. The molecule has 1 rings (SSSR count). The Balaban J connectivity index is 2.56. The second kappa shape index (κ2) is 7.85. The number of nitrogens with one attached hydrogen (secondary N) is 1. The normalized spacial score (nSPS) is 14.2. The maximum absolute atomic E-state index is 12.0. The van der Waals surface area contributed by atoms with Gasteiger partial charge in [0, 0.05) is 19.7 Å². The highest BCUT2D eigenvalue weighted by atomic mass is 32.2. The quantitative estimate of drug-likeness (QED) is 0.450. The van der Waals surface area contributed by atoms with Gasteiger partial charge >= 0.3 is 0 Å². The third kappa shape index (κ3) is 7.68. The van der Waals surface area contributed by atoms with Gasteiger partial charge in [-0.3, -0.25) is 4.79 Å². The minimum atomic E-state index is -3.30. The summed E-state index contributed by atoms with van der Waals surface area (Å²) in [7, 11) is -4.69. The third-order valence-electron chi connectivity index (χ3n) is 3.08. The molecule has 0 amide bonds. The monoisotopic (exact) mass is 339 g/mol. The van der Waals surface area contributed by atoms with Crippen molar-refractivity contribution in [1.29, 1.82) is 0 Å². The van der Waals surface area contributed by atoms with Gasteiger partial charge in [0.05, 0.1) is 5.75 Å². The van der Waals surface area contributed by atoms with Crippen LogP contribution in [0.5, 0.6) is 0 Å². The van der Waals surface area contributed by atoms with Gasteiger partial charge in [0.15, 0.2) is 5.78 Å². The Labute approximate surface area is 134 Å². The summed E-state index contributed by atoms with van der Waals surface area (Å²) in [6.45, 7) is 8.15. The first kappa shape index (κ1) is 18.8. The lowest BCUT2D eigenvalue weighted by molar-refractivity contribution is 0.104. The highest BCUT2D eigenvalue weighted by Crippen LogP contribution is 2.09. The van der Waals surface area contributed by atoms with E-state index >= 15 is 0 Å². The van der Waals surface area contributed by atoms with Crippen LogP contribution in [-0.2, 0) is 10.0 Å². The second-order valence-electron chi connectivity index (χ2n) is 6.63. The number of carbonyl (C=O) groups is 1. The van der Waals surface area contributed by atoms with E-state index in [1.807, 2.05) is 6.07 Å². The topological polar surface area (TPSA) is 63.2 Å². The molecular formula is C16H25NO3SSi. The number of hydrogen-bond donors (Lipinski definition) is 1. The first-order valence-corrected chi connectivity index (χ1v) is 12.7. The van der Waals surface area contributed by atoms with E-state index in [0.29, 0.717) is 5.56 Å². The van der Waals surface area contributed by atoms with Gasteiger partial charge in [-0.2, -0.15) is 0 Å². The Bertz CT molecular complexity index is 619. The van der Waals surface area contributed by atoms with Crippen LogP contribution in [0.2, 0.25) is 25.7 Å². The molecule has 122 valence electrons. The van der Waals surface area contributed by atoms with Crippen LogP contribution in [-0.4, -0.2) is 34.1 Å². The number of benzene rings is 1. The summed E-state index contributed by atoms with van der Waals surface area (Å²) in [5, 5.41) is 0. The fourth-order valence-corrected chi connectivity index (χ4v) is 6.04. The molecule has 0 saturated carbocycles. The van der Waals surface area contributed by atoms with Crippen molar-refractivity contribution in [3.05, 3.63) is 48.0 Å². The molecule has 0 fully saturated rings. The van der Waals surface area contributed by atoms with Crippen LogP contribution >= 0.6 is 0 Å². The Hall–Kier alpha value is -1.24. The van der Waals surface area contributed by atoms with Crippen molar-refractivity contribution >= 4 is 23.9 Å². The van der Waals surface area contributed by atoms with E-state index < -0.39 is 24.1 Å². The average Bonchev–Trinajstić information content (AvgIpc) is 2.42. The van der Waals surface area contributed by atoms with Crippen LogP contribution in [0.4, 0.5) is 0 Å². The van der Waals surface area contributed by atoms with Crippen molar-refractivity contribution in [1.82, 2.24) is 4.72 Å². The summed E-state index contributed by atoms with van der Waals surface area (Å²) in [5.74, 6) is 0.0156. The van der Waals surface area contributed by atoms with Gasteiger partial charge in [-0.1, -0.05) is 56.0 Å². The van der Waals surface area contributed by atoms with Crippen molar-refractivity contribution in [2.75, 3.05) is 5.75 Å². The molecule has 4 nitrogen and oxygen atoms in total. The molecule has 0 heterocycles. The van der Waals surface area contributed by atoms with Crippen LogP contribution < -0.4 is 4.72 Å². The molecule has 0 spiro atoms.